The molecule has 2 aromatic heterocycles. The van der Waals surface area contributed by atoms with E-state index in [-0.39, 0.29) is 24.0 Å². The zero-order valence-electron chi connectivity index (χ0n) is 18.0. The SMILES string of the molecule is CC(=O)c1ccc(N2CCC3(CC2)O[C@@H]2CC[C@@H](c4ccccc4)N2C3=O)n2ncnc12. The van der Waals surface area contributed by atoms with E-state index in [2.05, 4.69) is 27.1 Å². The van der Waals surface area contributed by atoms with Gasteiger partial charge in [-0.3, -0.25) is 9.59 Å². The number of ether oxygens (including phenoxy) is 1. The van der Waals surface area contributed by atoms with Gasteiger partial charge in [0.2, 0.25) is 0 Å². The minimum absolute atomic E-state index is 0.0364. The van der Waals surface area contributed by atoms with Crippen LogP contribution in [0.15, 0.2) is 48.8 Å². The Balaban J connectivity index is 1.23. The maximum Gasteiger partial charge on any atom is 0.257 e. The minimum atomic E-state index is -0.741. The number of anilines is 1. The van der Waals surface area contributed by atoms with Crippen molar-refractivity contribution in [2.45, 2.75) is 50.5 Å². The molecule has 3 aliphatic rings. The highest BCUT2D eigenvalue weighted by Crippen LogP contribution is 2.47. The topological polar surface area (TPSA) is 80.0 Å². The summed E-state index contributed by atoms with van der Waals surface area (Å²) in [6, 6.07) is 14.1. The Morgan fingerprint density at radius 2 is 1.88 bits per heavy atom. The van der Waals surface area contributed by atoms with Crippen molar-refractivity contribution in [3.05, 3.63) is 59.9 Å². The molecule has 8 nitrogen and oxygen atoms in total. The minimum Gasteiger partial charge on any atom is -0.356 e. The molecule has 3 aliphatic heterocycles. The summed E-state index contributed by atoms with van der Waals surface area (Å²) in [5.74, 6) is 0.974. The van der Waals surface area contributed by atoms with Crippen LogP contribution in [-0.2, 0) is 9.53 Å². The van der Waals surface area contributed by atoms with Gasteiger partial charge in [0.05, 0.1) is 11.6 Å². The molecule has 3 fully saturated rings. The Bertz CT molecular complexity index is 1200. The van der Waals surface area contributed by atoms with Crippen LogP contribution in [0.1, 0.15) is 54.6 Å². The first-order chi connectivity index (χ1) is 15.6. The van der Waals surface area contributed by atoms with E-state index < -0.39 is 5.60 Å². The second-order valence-corrected chi connectivity index (χ2v) is 8.93. The van der Waals surface area contributed by atoms with Crippen LogP contribution in [0.4, 0.5) is 5.82 Å². The molecule has 0 bridgehead atoms. The van der Waals surface area contributed by atoms with Gasteiger partial charge < -0.3 is 14.5 Å². The number of hydrogen-bond donors (Lipinski definition) is 0. The molecule has 3 aromatic rings. The third-order valence-corrected chi connectivity index (χ3v) is 7.18. The van der Waals surface area contributed by atoms with E-state index in [0.29, 0.717) is 37.1 Å². The lowest BCUT2D eigenvalue weighted by Gasteiger charge is -2.38. The third kappa shape index (κ3) is 2.79. The molecule has 1 spiro atoms. The van der Waals surface area contributed by atoms with Crippen molar-refractivity contribution in [1.82, 2.24) is 19.5 Å². The summed E-state index contributed by atoms with van der Waals surface area (Å²) >= 11 is 0. The van der Waals surface area contributed by atoms with Crippen LogP contribution in [-0.4, -0.2) is 56.1 Å². The molecule has 0 aliphatic carbocycles. The fourth-order valence-corrected chi connectivity index (χ4v) is 5.55. The molecule has 3 saturated heterocycles. The predicted molar refractivity (Wildman–Crippen MR) is 117 cm³/mol. The number of hydrogen-bond acceptors (Lipinski definition) is 6. The number of aromatic nitrogens is 3. The molecule has 2 atom stereocenters. The Kier molecular flexibility index (Phi) is 4.33. The van der Waals surface area contributed by atoms with E-state index in [4.69, 9.17) is 4.74 Å². The Morgan fingerprint density at radius 3 is 2.62 bits per heavy atom. The van der Waals surface area contributed by atoms with Crippen LogP contribution in [0.2, 0.25) is 0 Å². The fourth-order valence-electron chi connectivity index (χ4n) is 5.55. The monoisotopic (exact) mass is 431 g/mol. The first-order valence-corrected chi connectivity index (χ1v) is 11.2. The summed E-state index contributed by atoms with van der Waals surface area (Å²) in [7, 11) is 0. The predicted octanol–water partition coefficient (Wildman–Crippen LogP) is 2.99. The molecule has 0 radical (unpaired) electrons. The first kappa shape index (κ1) is 19.4. The summed E-state index contributed by atoms with van der Waals surface area (Å²) in [5, 5.41) is 4.34. The molecular weight excluding hydrogens is 406 g/mol. The summed E-state index contributed by atoms with van der Waals surface area (Å²) in [6.45, 7) is 2.89. The lowest BCUT2D eigenvalue weighted by atomic mass is 9.89. The third-order valence-electron chi connectivity index (χ3n) is 7.18. The van der Waals surface area contributed by atoms with Gasteiger partial charge in [0, 0.05) is 25.9 Å². The van der Waals surface area contributed by atoms with Gasteiger partial charge in [-0.25, -0.2) is 4.98 Å². The van der Waals surface area contributed by atoms with Gasteiger partial charge in [-0.2, -0.15) is 9.61 Å². The van der Waals surface area contributed by atoms with Gasteiger partial charge in [-0.05, 0) is 37.5 Å². The van der Waals surface area contributed by atoms with Gasteiger partial charge in [0.25, 0.3) is 5.91 Å². The molecule has 1 aromatic carbocycles. The maximum atomic E-state index is 13.6. The van der Waals surface area contributed by atoms with Crippen molar-refractivity contribution < 1.29 is 14.3 Å². The summed E-state index contributed by atoms with van der Waals surface area (Å²) in [5.41, 5.74) is 1.56. The molecule has 32 heavy (non-hydrogen) atoms. The number of fused-ring (bicyclic) bond motifs is 2. The number of benzene rings is 1. The van der Waals surface area contributed by atoms with Crippen LogP contribution in [0.3, 0.4) is 0 Å². The van der Waals surface area contributed by atoms with Crippen molar-refractivity contribution in [2.75, 3.05) is 18.0 Å². The number of carbonyl (C=O) groups excluding carboxylic acids is 2. The zero-order valence-corrected chi connectivity index (χ0v) is 18.0. The number of Topliss-reactive ketones (excluding diaryl/α,β-unsaturated/α-hetero) is 1. The smallest absolute Gasteiger partial charge is 0.257 e. The van der Waals surface area contributed by atoms with Crippen molar-refractivity contribution in [1.29, 1.82) is 0 Å². The quantitative estimate of drug-likeness (QED) is 0.593. The van der Waals surface area contributed by atoms with Crippen LogP contribution in [0.25, 0.3) is 5.65 Å². The lowest BCUT2D eigenvalue weighted by molar-refractivity contribution is -0.140. The first-order valence-electron chi connectivity index (χ1n) is 11.2. The second kappa shape index (κ2) is 7.13. The average Bonchev–Trinajstić information content (AvgIpc) is 3.51. The molecule has 6 rings (SSSR count). The van der Waals surface area contributed by atoms with Gasteiger partial charge in [0.1, 0.15) is 18.4 Å². The van der Waals surface area contributed by atoms with E-state index in [1.165, 1.54) is 18.8 Å². The summed E-state index contributed by atoms with van der Waals surface area (Å²) in [4.78, 5) is 34.0. The molecule has 8 heteroatoms. The molecule has 0 saturated carbocycles. The average molecular weight is 431 g/mol. The standard InChI is InChI=1S/C24H25N5O3/c1-16(30)18-7-9-20(29-22(18)25-15-26-29)27-13-11-24(12-14-27)23(31)28-19(8-10-21(28)32-24)17-5-3-2-4-6-17/h2-7,9,15,19,21H,8,10-14H2,1H3/t19-,21+/m0/s1. The number of pyridine rings is 1. The molecule has 0 N–H and O–H groups in total. The molecule has 1 amide bonds. The highest BCUT2D eigenvalue weighted by molar-refractivity contribution is 6.00. The summed E-state index contributed by atoms with van der Waals surface area (Å²) < 4.78 is 8.17. The van der Waals surface area contributed by atoms with Gasteiger partial charge in [-0.1, -0.05) is 30.3 Å². The normalized spacial score (nSPS) is 24.5. The van der Waals surface area contributed by atoms with Crippen molar-refractivity contribution in [3.63, 3.8) is 0 Å². The van der Waals surface area contributed by atoms with Crippen LogP contribution >= 0.6 is 0 Å². The van der Waals surface area contributed by atoms with Gasteiger partial charge >= 0.3 is 0 Å². The zero-order chi connectivity index (χ0) is 21.9. The Labute approximate surface area is 185 Å². The van der Waals surface area contributed by atoms with Crippen LogP contribution in [0, 0.1) is 0 Å². The number of ketones is 1. The highest BCUT2D eigenvalue weighted by Gasteiger charge is 2.58. The van der Waals surface area contributed by atoms with Crippen molar-refractivity contribution in [3.8, 4) is 0 Å². The number of nitrogens with zero attached hydrogens (tertiary/aromatic N) is 5. The number of carbonyl (C=O) groups is 2. The molecular formula is C24H25N5O3. The number of rotatable bonds is 3. The Morgan fingerprint density at radius 1 is 1.09 bits per heavy atom. The van der Waals surface area contributed by atoms with E-state index in [0.717, 1.165) is 18.7 Å². The van der Waals surface area contributed by atoms with Crippen LogP contribution < -0.4 is 4.90 Å². The van der Waals surface area contributed by atoms with Crippen molar-refractivity contribution >= 4 is 23.2 Å². The number of piperidine rings is 1. The fraction of sp³-hybridized carbons (Fsp3) is 0.417. The van der Waals surface area contributed by atoms with E-state index in [1.54, 1.807) is 4.52 Å². The largest absolute Gasteiger partial charge is 0.356 e. The van der Waals surface area contributed by atoms with E-state index >= 15 is 0 Å². The lowest BCUT2D eigenvalue weighted by Crippen LogP contribution is -2.50. The number of amides is 1. The molecule has 5 heterocycles. The Hall–Kier alpha value is -3.26. The summed E-state index contributed by atoms with van der Waals surface area (Å²) in [6.07, 6.45) is 4.42. The second-order valence-electron chi connectivity index (χ2n) is 8.93. The van der Waals surface area contributed by atoms with E-state index in [1.807, 2.05) is 35.2 Å². The highest BCUT2D eigenvalue weighted by atomic mass is 16.6. The maximum absolute atomic E-state index is 13.6. The van der Waals surface area contributed by atoms with Gasteiger partial charge in [-0.15, -0.1) is 0 Å². The molecule has 164 valence electrons. The van der Waals surface area contributed by atoms with E-state index in [9.17, 15) is 9.59 Å². The molecule has 0 unspecified atom stereocenters. The van der Waals surface area contributed by atoms with Crippen LogP contribution in [0.5, 0.6) is 0 Å². The van der Waals surface area contributed by atoms with Crippen molar-refractivity contribution in [2.24, 2.45) is 0 Å². The van der Waals surface area contributed by atoms with Gasteiger partial charge in [0.15, 0.2) is 17.0 Å².